The van der Waals surface area contributed by atoms with Gasteiger partial charge in [0.1, 0.15) is 6.61 Å². The summed E-state index contributed by atoms with van der Waals surface area (Å²) in [6.45, 7) is 1.07. The van der Waals surface area contributed by atoms with Gasteiger partial charge in [-0.25, -0.2) is 0 Å². The van der Waals surface area contributed by atoms with E-state index in [0.29, 0.717) is 12.5 Å². The van der Waals surface area contributed by atoms with Crippen molar-refractivity contribution in [2.45, 2.75) is 25.4 Å². The third-order valence-electron chi connectivity index (χ3n) is 2.78. The fourth-order valence-electron chi connectivity index (χ4n) is 1.82. The van der Waals surface area contributed by atoms with Crippen molar-refractivity contribution in [2.24, 2.45) is 5.92 Å². The van der Waals surface area contributed by atoms with Gasteiger partial charge in [-0.15, -0.1) is 0 Å². The van der Waals surface area contributed by atoms with Gasteiger partial charge in [0.25, 0.3) is 0 Å². The molecule has 2 N–H and O–H groups in total. The summed E-state index contributed by atoms with van der Waals surface area (Å²) in [5.74, 6) is 0.329. The number of hydrogen-bond donors (Lipinski definition) is 2. The number of nitrogens with one attached hydrogen (secondary N) is 2. The predicted octanol–water partition coefficient (Wildman–Crippen LogP) is 1.07. The fraction of sp³-hybridized carbons (Fsp3) is 0.909. The van der Waals surface area contributed by atoms with Gasteiger partial charge in [0.05, 0.1) is 6.61 Å². The SMILES string of the molecule is O=C(CCOCC(F)(F)F)NCCC1CCNC1. The molecule has 1 rings (SSSR count). The van der Waals surface area contributed by atoms with Crippen molar-refractivity contribution in [3.63, 3.8) is 0 Å². The minimum absolute atomic E-state index is 0.0288. The van der Waals surface area contributed by atoms with Crippen LogP contribution in [0.25, 0.3) is 0 Å². The molecule has 1 aliphatic heterocycles. The summed E-state index contributed by atoms with van der Waals surface area (Å²) >= 11 is 0. The molecule has 0 bridgehead atoms. The highest BCUT2D eigenvalue weighted by Crippen LogP contribution is 2.14. The number of halogens is 3. The zero-order valence-corrected chi connectivity index (χ0v) is 10.2. The summed E-state index contributed by atoms with van der Waals surface area (Å²) < 4.78 is 39.5. The van der Waals surface area contributed by atoms with E-state index in [9.17, 15) is 18.0 Å². The van der Waals surface area contributed by atoms with Crippen molar-refractivity contribution >= 4 is 5.91 Å². The molecule has 0 aromatic rings. The number of carbonyl (C=O) groups excluding carboxylic acids is 1. The zero-order chi connectivity index (χ0) is 13.4. The molecule has 0 saturated carbocycles. The summed E-state index contributed by atoms with van der Waals surface area (Å²) in [7, 11) is 0. The molecule has 4 nitrogen and oxygen atoms in total. The zero-order valence-electron chi connectivity index (χ0n) is 10.2. The van der Waals surface area contributed by atoms with Crippen LogP contribution < -0.4 is 10.6 Å². The minimum atomic E-state index is -4.33. The van der Waals surface area contributed by atoms with Crippen LogP contribution in [-0.4, -0.2) is 44.9 Å². The van der Waals surface area contributed by atoms with E-state index >= 15 is 0 Å². The van der Waals surface area contributed by atoms with Crippen molar-refractivity contribution in [1.29, 1.82) is 0 Å². The van der Waals surface area contributed by atoms with Gasteiger partial charge in [-0.1, -0.05) is 0 Å². The van der Waals surface area contributed by atoms with Crippen molar-refractivity contribution in [3.8, 4) is 0 Å². The Kier molecular flexibility index (Phi) is 6.42. The molecule has 1 aliphatic rings. The lowest BCUT2D eigenvalue weighted by Crippen LogP contribution is -2.28. The molecule has 0 aromatic carbocycles. The maximum absolute atomic E-state index is 11.7. The maximum atomic E-state index is 11.7. The van der Waals surface area contributed by atoms with Crippen LogP contribution in [0.1, 0.15) is 19.3 Å². The van der Waals surface area contributed by atoms with Crippen LogP contribution >= 0.6 is 0 Å². The lowest BCUT2D eigenvalue weighted by Gasteiger charge is -2.10. The van der Waals surface area contributed by atoms with Gasteiger partial charge in [0, 0.05) is 13.0 Å². The Bertz CT molecular complexity index is 253. The van der Waals surface area contributed by atoms with E-state index < -0.39 is 12.8 Å². The molecule has 1 saturated heterocycles. The van der Waals surface area contributed by atoms with Crippen LogP contribution in [0, 0.1) is 5.92 Å². The van der Waals surface area contributed by atoms with E-state index in [1.165, 1.54) is 0 Å². The molecule has 1 heterocycles. The standard InChI is InChI=1S/C11H19F3N2O2/c12-11(13,14)8-18-6-3-10(17)16-5-2-9-1-4-15-7-9/h9,15H,1-8H2,(H,16,17). The molecular formula is C11H19F3N2O2. The Morgan fingerprint density at radius 2 is 2.22 bits per heavy atom. The second-order valence-corrected chi connectivity index (χ2v) is 4.42. The molecule has 106 valence electrons. The van der Waals surface area contributed by atoms with Crippen molar-refractivity contribution in [3.05, 3.63) is 0 Å². The topological polar surface area (TPSA) is 50.4 Å². The lowest BCUT2D eigenvalue weighted by molar-refractivity contribution is -0.174. The van der Waals surface area contributed by atoms with Gasteiger partial charge in [-0.3, -0.25) is 4.79 Å². The highest BCUT2D eigenvalue weighted by Gasteiger charge is 2.27. The van der Waals surface area contributed by atoms with Crippen LogP contribution in [0.4, 0.5) is 13.2 Å². The number of alkyl halides is 3. The summed E-state index contributed by atoms with van der Waals surface area (Å²) in [6.07, 6.45) is -2.34. The minimum Gasteiger partial charge on any atom is -0.372 e. The van der Waals surface area contributed by atoms with Crippen molar-refractivity contribution in [2.75, 3.05) is 32.8 Å². The van der Waals surface area contributed by atoms with E-state index in [0.717, 1.165) is 25.9 Å². The number of carbonyl (C=O) groups is 1. The molecule has 0 spiro atoms. The van der Waals surface area contributed by atoms with Gasteiger partial charge in [-0.2, -0.15) is 13.2 Å². The van der Waals surface area contributed by atoms with Gasteiger partial charge in [0.2, 0.25) is 5.91 Å². The first kappa shape index (κ1) is 15.2. The number of hydrogen-bond acceptors (Lipinski definition) is 3. The van der Waals surface area contributed by atoms with E-state index in [1.54, 1.807) is 0 Å². The molecule has 7 heteroatoms. The largest absolute Gasteiger partial charge is 0.411 e. The first-order chi connectivity index (χ1) is 8.47. The van der Waals surface area contributed by atoms with Crippen LogP contribution in [0.3, 0.4) is 0 Å². The smallest absolute Gasteiger partial charge is 0.372 e. The highest BCUT2D eigenvalue weighted by molar-refractivity contribution is 5.75. The molecule has 1 fully saturated rings. The normalized spacial score (nSPS) is 20.1. The third-order valence-corrected chi connectivity index (χ3v) is 2.78. The Hall–Kier alpha value is -0.820. The van der Waals surface area contributed by atoms with Crippen LogP contribution in [-0.2, 0) is 9.53 Å². The number of amides is 1. The molecule has 1 atom stereocenters. The van der Waals surface area contributed by atoms with Gasteiger partial charge >= 0.3 is 6.18 Å². The number of rotatable bonds is 7. The Morgan fingerprint density at radius 3 is 2.83 bits per heavy atom. The second kappa shape index (κ2) is 7.58. The Balaban J connectivity index is 1.93. The van der Waals surface area contributed by atoms with Gasteiger partial charge in [-0.05, 0) is 31.8 Å². The predicted molar refractivity (Wildman–Crippen MR) is 60.1 cm³/mol. The first-order valence-corrected chi connectivity index (χ1v) is 6.09. The lowest BCUT2D eigenvalue weighted by atomic mass is 10.1. The molecule has 18 heavy (non-hydrogen) atoms. The molecular weight excluding hydrogens is 249 g/mol. The molecule has 0 radical (unpaired) electrons. The van der Waals surface area contributed by atoms with Crippen LogP contribution in [0.15, 0.2) is 0 Å². The highest BCUT2D eigenvalue weighted by atomic mass is 19.4. The Morgan fingerprint density at radius 1 is 1.44 bits per heavy atom. The average molecular weight is 268 g/mol. The van der Waals surface area contributed by atoms with Gasteiger partial charge in [0.15, 0.2) is 0 Å². The van der Waals surface area contributed by atoms with Crippen molar-refractivity contribution in [1.82, 2.24) is 10.6 Å². The monoisotopic (exact) mass is 268 g/mol. The van der Waals surface area contributed by atoms with E-state index in [2.05, 4.69) is 15.4 Å². The first-order valence-electron chi connectivity index (χ1n) is 6.09. The second-order valence-electron chi connectivity index (χ2n) is 4.42. The average Bonchev–Trinajstić information content (AvgIpc) is 2.76. The molecule has 0 aromatic heterocycles. The summed E-state index contributed by atoms with van der Waals surface area (Å²) in [5.41, 5.74) is 0. The summed E-state index contributed by atoms with van der Waals surface area (Å²) in [5, 5.41) is 5.91. The Labute approximate surface area is 104 Å². The summed E-state index contributed by atoms with van der Waals surface area (Å²) in [6, 6.07) is 0. The van der Waals surface area contributed by atoms with Crippen LogP contribution in [0.2, 0.25) is 0 Å². The third kappa shape index (κ3) is 7.50. The van der Waals surface area contributed by atoms with Crippen molar-refractivity contribution < 1.29 is 22.7 Å². The quantitative estimate of drug-likeness (QED) is 0.679. The molecule has 1 unspecified atom stereocenters. The van der Waals surface area contributed by atoms with Gasteiger partial charge < -0.3 is 15.4 Å². The number of ether oxygens (including phenoxy) is 1. The molecule has 1 amide bonds. The van der Waals surface area contributed by atoms with E-state index in [4.69, 9.17) is 0 Å². The fourth-order valence-corrected chi connectivity index (χ4v) is 1.82. The molecule has 0 aliphatic carbocycles. The maximum Gasteiger partial charge on any atom is 0.411 e. The van der Waals surface area contributed by atoms with E-state index in [1.807, 2.05) is 0 Å². The summed E-state index contributed by atoms with van der Waals surface area (Å²) in [4.78, 5) is 11.3. The van der Waals surface area contributed by atoms with Crippen LogP contribution in [0.5, 0.6) is 0 Å². The van der Waals surface area contributed by atoms with E-state index in [-0.39, 0.29) is 18.9 Å².